The number of benzene rings is 1. The average Bonchev–Trinajstić information content (AvgIpc) is 2.63. The van der Waals surface area contributed by atoms with Crippen molar-refractivity contribution in [3.05, 3.63) is 23.8 Å². The quantitative estimate of drug-likeness (QED) is 0.558. The van der Waals surface area contributed by atoms with Crippen molar-refractivity contribution in [1.29, 1.82) is 0 Å². The van der Waals surface area contributed by atoms with E-state index in [1.54, 1.807) is 14.2 Å². The van der Waals surface area contributed by atoms with Gasteiger partial charge in [0.1, 0.15) is 0 Å². The Kier molecular flexibility index (Phi) is 7.33. The van der Waals surface area contributed by atoms with E-state index in [2.05, 4.69) is 42.9 Å². The van der Waals surface area contributed by atoms with Crippen LogP contribution in [0.2, 0.25) is 0 Å². The van der Waals surface area contributed by atoms with Crippen molar-refractivity contribution in [2.45, 2.75) is 52.0 Å². The second-order valence-corrected chi connectivity index (χ2v) is 7.72. The van der Waals surface area contributed by atoms with Crippen molar-refractivity contribution < 1.29 is 14.2 Å². The highest BCUT2D eigenvalue weighted by Crippen LogP contribution is 2.27. The summed E-state index contributed by atoms with van der Waals surface area (Å²) in [6.45, 7) is 11.7. The lowest BCUT2D eigenvalue weighted by Crippen LogP contribution is -2.59. The minimum absolute atomic E-state index is 0.0459. The fraction of sp³-hybridized carbons (Fsp3) is 0.650. The van der Waals surface area contributed by atoms with Gasteiger partial charge in [-0.05, 0) is 45.4 Å². The number of nitrogens with two attached hydrogens (primary N) is 1. The number of ether oxygens (including phenoxy) is 3. The first-order chi connectivity index (χ1) is 12.7. The molecule has 1 saturated heterocycles. The Morgan fingerprint density at radius 2 is 1.85 bits per heavy atom. The smallest absolute Gasteiger partial charge is 0.188 e. The fourth-order valence-electron chi connectivity index (χ4n) is 3.30. The summed E-state index contributed by atoms with van der Waals surface area (Å²) in [7, 11) is 3.24. The highest BCUT2D eigenvalue weighted by atomic mass is 16.5. The average molecular weight is 379 g/mol. The van der Waals surface area contributed by atoms with Gasteiger partial charge in [0.15, 0.2) is 17.5 Å². The van der Waals surface area contributed by atoms with Gasteiger partial charge >= 0.3 is 0 Å². The molecule has 1 aromatic rings. The van der Waals surface area contributed by atoms with Crippen LogP contribution in [0.4, 0.5) is 0 Å². The minimum Gasteiger partial charge on any atom is -0.493 e. The van der Waals surface area contributed by atoms with E-state index in [1.165, 1.54) is 0 Å². The van der Waals surface area contributed by atoms with E-state index < -0.39 is 0 Å². The summed E-state index contributed by atoms with van der Waals surface area (Å²) in [6, 6.07) is 5.74. The first kappa shape index (κ1) is 21.3. The summed E-state index contributed by atoms with van der Waals surface area (Å²) in [5, 5.41) is 3.26. The summed E-state index contributed by atoms with van der Waals surface area (Å²) in [4.78, 5) is 6.89. The van der Waals surface area contributed by atoms with Crippen molar-refractivity contribution in [1.82, 2.24) is 10.2 Å². The second kappa shape index (κ2) is 9.28. The van der Waals surface area contributed by atoms with Crippen molar-refractivity contribution >= 4 is 5.96 Å². The van der Waals surface area contributed by atoms with Gasteiger partial charge in [-0.3, -0.25) is 4.90 Å². The monoisotopic (exact) mass is 378 g/mol. The number of rotatable bonds is 7. The van der Waals surface area contributed by atoms with Gasteiger partial charge in [0, 0.05) is 25.2 Å². The summed E-state index contributed by atoms with van der Waals surface area (Å²) >= 11 is 0. The van der Waals surface area contributed by atoms with Crippen molar-refractivity contribution in [3.63, 3.8) is 0 Å². The molecule has 7 heteroatoms. The van der Waals surface area contributed by atoms with Gasteiger partial charge in [-0.2, -0.15) is 0 Å². The molecule has 1 aliphatic heterocycles. The maximum absolute atomic E-state index is 6.08. The lowest BCUT2D eigenvalue weighted by Gasteiger charge is -2.45. The maximum Gasteiger partial charge on any atom is 0.188 e. The first-order valence-corrected chi connectivity index (χ1v) is 9.40. The molecule has 1 aliphatic rings. The van der Waals surface area contributed by atoms with Gasteiger partial charge in [-0.1, -0.05) is 6.07 Å². The topological polar surface area (TPSA) is 81.3 Å². The summed E-state index contributed by atoms with van der Waals surface area (Å²) in [5.74, 6) is 1.83. The molecule has 0 spiro atoms. The summed E-state index contributed by atoms with van der Waals surface area (Å²) in [5.41, 5.74) is 7.04. The molecule has 7 nitrogen and oxygen atoms in total. The van der Waals surface area contributed by atoms with Gasteiger partial charge in [0.2, 0.25) is 0 Å². The SMILES string of the molecule is COc1ccc(CN=C(N)NCC(C)(C)N2CC(C)OC(C)C2)cc1OC. The Morgan fingerprint density at radius 3 is 2.44 bits per heavy atom. The molecule has 0 amide bonds. The predicted molar refractivity (Wildman–Crippen MR) is 109 cm³/mol. The van der Waals surface area contributed by atoms with E-state index in [9.17, 15) is 0 Å². The molecule has 0 aromatic heterocycles. The van der Waals surface area contributed by atoms with E-state index in [4.69, 9.17) is 19.9 Å². The van der Waals surface area contributed by atoms with Gasteiger partial charge < -0.3 is 25.3 Å². The lowest BCUT2D eigenvalue weighted by molar-refractivity contribution is -0.0946. The Bertz CT molecular complexity index is 638. The van der Waals surface area contributed by atoms with Crippen LogP contribution in [0.3, 0.4) is 0 Å². The molecule has 27 heavy (non-hydrogen) atoms. The highest BCUT2D eigenvalue weighted by Gasteiger charge is 2.33. The summed E-state index contributed by atoms with van der Waals surface area (Å²) in [6.07, 6.45) is 0.480. The first-order valence-electron chi connectivity index (χ1n) is 9.40. The zero-order valence-electron chi connectivity index (χ0n) is 17.4. The second-order valence-electron chi connectivity index (χ2n) is 7.72. The molecule has 3 N–H and O–H groups in total. The summed E-state index contributed by atoms with van der Waals surface area (Å²) < 4.78 is 16.4. The molecule has 2 unspecified atom stereocenters. The third-order valence-electron chi connectivity index (χ3n) is 4.86. The minimum atomic E-state index is -0.0459. The molecule has 2 rings (SSSR count). The van der Waals surface area contributed by atoms with Crippen LogP contribution in [0.15, 0.2) is 23.2 Å². The zero-order valence-corrected chi connectivity index (χ0v) is 17.4. The maximum atomic E-state index is 6.08. The van der Waals surface area contributed by atoms with Crippen LogP contribution in [0.5, 0.6) is 11.5 Å². The number of morpholine rings is 1. The Labute approximate surface area is 162 Å². The zero-order chi connectivity index (χ0) is 20.0. The molecule has 0 aliphatic carbocycles. The Balaban J connectivity index is 1.91. The third-order valence-corrected chi connectivity index (χ3v) is 4.86. The number of aliphatic imine (C=N–C) groups is 1. The van der Waals surface area contributed by atoms with Crippen LogP contribution >= 0.6 is 0 Å². The van der Waals surface area contributed by atoms with E-state index in [0.717, 1.165) is 18.7 Å². The fourth-order valence-corrected chi connectivity index (χ4v) is 3.30. The standard InChI is InChI=1S/C20H34N4O3/c1-14-11-24(12-15(2)27-14)20(3,4)13-23-19(21)22-10-16-7-8-17(25-5)18(9-16)26-6/h7-9,14-15H,10-13H2,1-6H3,(H3,21,22,23). The van der Waals surface area contributed by atoms with Crippen molar-refractivity contribution in [2.75, 3.05) is 33.9 Å². The van der Waals surface area contributed by atoms with E-state index in [1.807, 2.05) is 18.2 Å². The predicted octanol–water partition coefficient (Wildman–Crippen LogP) is 2.00. The van der Waals surface area contributed by atoms with Crippen molar-refractivity contribution in [3.8, 4) is 11.5 Å². The number of guanidine groups is 1. The van der Waals surface area contributed by atoms with E-state index in [-0.39, 0.29) is 17.7 Å². The van der Waals surface area contributed by atoms with Gasteiger partial charge in [-0.25, -0.2) is 4.99 Å². The molecule has 0 bridgehead atoms. The molecule has 152 valence electrons. The lowest BCUT2D eigenvalue weighted by atomic mass is 10.00. The van der Waals surface area contributed by atoms with E-state index in [0.29, 0.717) is 30.5 Å². The molecular formula is C20H34N4O3. The number of nitrogens with zero attached hydrogens (tertiary/aromatic N) is 2. The Hall–Kier alpha value is -1.99. The van der Waals surface area contributed by atoms with Crippen LogP contribution < -0.4 is 20.5 Å². The molecular weight excluding hydrogens is 344 g/mol. The largest absolute Gasteiger partial charge is 0.493 e. The molecule has 1 aromatic carbocycles. The molecule has 2 atom stereocenters. The molecule has 1 heterocycles. The number of hydrogen-bond donors (Lipinski definition) is 2. The van der Waals surface area contributed by atoms with Crippen molar-refractivity contribution in [2.24, 2.45) is 10.7 Å². The normalized spacial score (nSPS) is 21.8. The highest BCUT2D eigenvalue weighted by molar-refractivity contribution is 5.77. The number of hydrogen-bond acceptors (Lipinski definition) is 5. The number of nitrogens with one attached hydrogen (secondary N) is 1. The van der Waals surface area contributed by atoms with E-state index >= 15 is 0 Å². The van der Waals surface area contributed by atoms with Gasteiger partial charge in [-0.15, -0.1) is 0 Å². The van der Waals surface area contributed by atoms with Crippen LogP contribution in [-0.4, -0.2) is 62.5 Å². The van der Waals surface area contributed by atoms with Gasteiger partial charge in [0.05, 0.1) is 33.0 Å². The van der Waals surface area contributed by atoms with Crippen LogP contribution in [-0.2, 0) is 11.3 Å². The van der Waals surface area contributed by atoms with Crippen LogP contribution in [0, 0.1) is 0 Å². The molecule has 0 radical (unpaired) electrons. The van der Waals surface area contributed by atoms with Crippen LogP contribution in [0.1, 0.15) is 33.3 Å². The van der Waals surface area contributed by atoms with Crippen LogP contribution in [0.25, 0.3) is 0 Å². The molecule has 1 fully saturated rings. The Morgan fingerprint density at radius 1 is 1.22 bits per heavy atom. The number of methoxy groups -OCH3 is 2. The third kappa shape index (κ3) is 6.01. The van der Waals surface area contributed by atoms with Gasteiger partial charge in [0.25, 0.3) is 0 Å². The molecule has 0 saturated carbocycles.